The average Bonchev–Trinajstić information content (AvgIpc) is 3.34. The number of rotatable bonds is 14. The molecule has 1 aromatic carbocycles. The lowest BCUT2D eigenvalue weighted by atomic mass is 10.0. The van der Waals surface area contributed by atoms with E-state index in [1.54, 1.807) is 30.3 Å². The van der Waals surface area contributed by atoms with Gasteiger partial charge in [0.2, 0.25) is 23.6 Å². The summed E-state index contributed by atoms with van der Waals surface area (Å²) in [5, 5.41) is 26.8. The molecule has 1 heterocycles. The topological polar surface area (TPSA) is 243 Å². The lowest BCUT2D eigenvalue weighted by molar-refractivity contribution is -0.143. The summed E-state index contributed by atoms with van der Waals surface area (Å²) < 4.78 is 0. The highest BCUT2D eigenvalue weighted by atomic mass is 16.4. The van der Waals surface area contributed by atoms with Crippen LogP contribution in [0.3, 0.4) is 0 Å². The molecule has 0 saturated carbocycles. The summed E-state index contributed by atoms with van der Waals surface area (Å²) in [4.78, 5) is 67.8. The van der Waals surface area contributed by atoms with Crippen molar-refractivity contribution in [2.75, 3.05) is 0 Å². The highest BCUT2D eigenvalue weighted by Gasteiger charge is 2.33. The third kappa shape index (κ3) is 9.35. The molecule has 5 atom stereocenters. The molecule has 5 unspecified atom stereocenters. The predicted octanol–water partition coefficient (Wildman–Crippen LogP) is -2.68. The van der Waals surface area contributed by atoms with E-state index in [1.807, 2.05) is 0 Å². The van der Waals surface area contributed by atoms with Crippen molar-refractivity contribution in [1.29, 1.82) is 0 Å². The minimum absolute atomic E-state index is 0.00652. The number of carbonyl (C=O) groups is 5. The molecule has 4 amide bonds. The molecule has 0 radical (unpaired) electrons. The lowest BCUT2D eigenvalue weighted by Gasteiger charge is -2.26. The number of carboxylic acid groups (broad SMARTS) is 1. The van der Waals surface area contributed by atoms with Gasteiger partial charge < -0.3 is 42.6 Å². The van der Waals surface area contributed by atoms with E-state index in [9.17, 15) is 34.2 Å². The fourth-order valence-electron chi connectivity index (χ4n) is 3.38. The van der Waals surface area contributed by atoms with Crippen LogP contribution in [0.2, 0.25) is 0 Å². The molecule has 0 saturated heterocycles. The van der Waals surface area contributed by atoms with Crippen molar-refractivity contribution in [3.8, 4) is 0 Å². The summed E-state index contributed by atoms with van der Waals surface area (Å²) in [6.07, 6.45) is 0.758. The molecule has 0 aliphatic rings. The van der Waals surface area contributed by atoms with Gasteiger partial charge in [-0.3, -0.25) is 19.2 Å². The Morgan fingerprint density at radius 2 is 1.62 bits per heavy atom. The highest BCUT2D eigenvalue weighted by Crippen LogP contribution is 2.07. The summed E-state index contributed by atoms with van der Waals surface area (Å²) in [5.41, 5.74) is 11.9. The minimum Gasteiger partial charge on any atom is -0.480 e. The quantitative estimate of drug-likeness (QED) is 0.130. The number of aromatic amines is 1. The van der Waals surface area contributed by atoms with Crippen LogP contribution in [0.25, 0.3) is 0 Å². The molecule has 0 spiro atoms. The van der Waals surface area contributed by atoms with Gasteiger partial charge in [0.1, 0.15) is 18.1 Å². The number of aromatic nitrogens is 2. The van der Waals surface area contributed by atoms with Gasteiger partial charge >= 0.3 is 5.97 Å². The second-order valence-electron chi connectivity index (χ2n) is 8.44. The van der Waals surface area contributed by atoms with Crippen LogP contribution in [0.5, 0.6) is 0 Å². The summed E-state index contributed by atoms with van der Waals surface area (Å²) in [6.45, 7) is 1.24. The molecule has 14 nitrogen and oxygen atoms in total. The Kier molecular flexibility index (Phi) is 10.7. The minimum atomic E-state index is -1.55. The van der Waals surface area contributed by atoms with E-state index >= 15 is 0 Å². The van der Waals surface area contributed by atoms with Gasteiger partial charge in [-0.15, -0.1) is 0 Å². The number of hydrogen-bond donors (Lipinski definition) is 8. The second kappa shape index (κ2) is 13.7. The Bertz CT molecular complexity index is 1080. The Morgan fingerprint density at radius 1 is 0.973 bits per heavy atom. The van der Waals surface area contributed by atoms with Crippen molar-refractivity contribution in [2.45, 2.75) is 56.5 Å². The van der Waals surface area contributed by atoms with Crippen LogP contribution in [0.15, 0.2) is 42.9 Å². The first kappa shape index (κ1) is 28.9. The molecular formula is C23H31N7O7. The van der Waals surface area contributed by atoms with Crippen molar-refractivity contribution in [1.82, 2.24) is 25.9 Å². The molecule has 0 fully saturated rings. The monoisotopic (exact) mass is 517 g/mol. The molecule has 200 valence electrons. The van der Waals surface area contributed by atoms with E-state index in [0.717, 1.165) is 0 Å². The summed E-state index contributed by atoms with van der Waals surface area (Å²) >= 11 is 0. The highest BCUT2D eigenvalue weighted by molar-refractivity contribution is 5.95. The van der Waals surface area contributed by atoms with Gasteiger partial charge in [-0.2, -0.15) is 0 Å². The maximum absolute atomic E-state index is 13.1. The number of primary amides is 1. The smallest absolute Gasteiger partial charge is 0.326 e. The number of hydrogen-bond acceptors (Lipinski definition) is 8. The summed E-state index contributed by atoms with van der Waals surface area (Å²) in [7, 11) is 0. The summed E-state index contributed by atoms with van der Waals surface area (Å²) in [5.74, 6) is -4.76. The number of aliphatic hydroxyl groups is 1. The van der Waals surface area contributed by atoms with Crippen molar-refractivity contribution in [3.63, 3.8) is 0 Å². The number of carbonyl (C=O) groups excluding carboxylic acids is 4. The van der Waals surface area contributed by atoms with E-state index in [0.29, 0.717) is 11.3 Å². The number of nitrogens with two attached hydrogens (primary N) is 2. The Morgan fingerprint density at radius 3 is 2.16 bits per heavy atom. The number of imidazole rings is 1. The van der Waals surface area contributed by atoms with E-state index in [2.05, 4.69) is 25.9 Å². The number of nitrogens with zero attached hydrogens (tertiary/aromatic N) is 1. The first-order valence-corrected chi connectivity index (χ1v) is 11.3. The molecule has 10 N–H and O–H groups in total. The van der Waals surface area contributed by atoms with Gasteiger partial charge in [0.05, 0.1) is 24.9 Å². The maximum Gasteiger partial charge on any atom is 0.326 e. The number of aliphatic hydroxyl groups excluding tert-OH is 1. The maximum atomic E-state index is 13.1. The van der Waals surface area contributed by atoms with Gasteiger partial charge in [-0.05, 0) is 12.5 Å². The van der Waals surface area contributed by atoms with Gasteiger partial charge in [0, 0.05) is 24.7 Å². The van der Waals surface area contributed by atoms with E-state index in [4.69, 9.17) is 11.5 Å². The normalized spacial score (nSPS) is 14.9. The number of aliphatic carboxylic acids is 1. The molecule has 0 aliphatic heterocycles. The third-order valence-electron chi connectivity index (χ3n) is 5.33. The molecule has 1 aromatic heterocycles. The van der Waals surface area contributed by atoms with Gasteiger partial charge in [-0.25, -0.2) is 9.78 Å². The summed E-state index contributed by atoms with van der Waals surface area (Å²) in [6, 6.07) is 3.15. The van der Waals surface area contributed by atoms with Crippen molar-refractivity contribution in [2.24, 2.45) is 11.5 Å². The van der Waals surface area contributed by atoms with E-state index in [1.165, 1.54) is 19.4 Å². The third-order valence-corrected chi connectivity index (χ3v) is 5.33. The fourth-order valence-corrected chi connectivity index (χ4v) is 3.38. The average molecular weight is 518 g/mol. The van der Waals surface area contributed by atoms with E-state index < -0.39 is 66.3 Å². The second-order valence-corrected chi connectivity index (χ2v) is 8.44. The zero-order chi connectivity index (χ0) is 27.5. The van der Waals surface area contributed by atoms with Crippen LogP contribution >= 0.6 is 0 Å². The molecule has 2 rings (SSSR count). The molecule has 37 heavy (non-hydrogen) atoms. The Labute approximate surface area is 212 Å². The van der Waals surface area contributed by atoms with Gasteiger partial charge in [0.25, 0.3) is 0 Å². The van der Waals surface area contributed by atoms with E-state index in [-0.39, 0.29) is 12.8 Å². The number of nitrogens with one attached hydrogen (secondary N) is 4. The van der Waals surface area contributed by atoms with Crippen LogP contribution in [0.1, 0.15) is 24.6 Å². The van der Waals surface area contributed by atoms with Crippen LogP contribution in [-0.4, -0.2) is 80.1 Å². The van der Waals surface area contributed by atoms with Crippen molar-refractivity contribution >= 4 is 29.6 Å². The number of H-pyrrole nitrogens is 1. The standard InChI is InChI=1S/C23H31N7O7/c1-12(31)19(22(35)29-17(23(36)37)8-14-10-26-11-27-14)30-21(34)16(7-13-5-3-2-4-6-13)28-20(33)15(24)9-18(25)32/h2-6,10-12,15-17,19,31H,7-9,24H2,1H3,(H2,25,32)(H,26,27)(H,28,33)(H,29,35)(H,30,34)(H,36,37). The van der Waals surface area contributed by atoms with Crippen LogP contribution in [0, 0.1) is 0 Å². The van der Waals surface area contributed by atoms with Crippen molar-refractivity contribution < 1.29 is 34.2 Å². The predicted molar refractivity (Wildman–Crippen MR) is 129 cm³/mol. The first-order valence-electron chi connectivity index (χ1n) is 11.3. The zero-order valence-electron chi connectivity index (χ0n) is 20.1. The first-order chi connectivity index (χ1) is 17.5. The largest absolute Gasteiger partial charge is 0.480 e. The SMILES string of the molecule is CC(O)C(NC(=O)C(Cc1ccccc1)NC(=O)C(N)CC(N)=O)C(=O)NC(Cc1cnc[nH]1)C(=O)O. The fraction of sp³-hybridized carbons (Fsp3) is 0.391. The molecular weight excluding hydrogens is 486 g/mol. The zero-order valence-corrected chi connectivity index (χ0v) is 20.1. The Hall–Kier alpha value is -4.30. The van der Waals surface area contributed by atoms with Gasteiger partial charge in [-0.1, -0.05) is 30.3 Å². The Balaban J connectivity index is 2.18. The van der Waals surface area contributed by atoms with Crippen LogP contribution in [-0.2, 0) is 36.8 Å². The molecule has 14 heteroatoms. The number of benzene rings is 1. The molecule has 2 aromatic rings. The number of amides is 4. The molecule has 0 aliphatic carbocycles. The number of carboxylic acids is 1. The molecule has 0 bridgehead atoms. The lowest BCUT2D eigenvalue weighted by Crippen LogP contribution is -2.60. The van der Waals surface area contributed by atoms with Crippen LogP contribution < -0.4 is 27.4 Å². The van der Waals surface area contributed by atoms with Gasteiger partial charge in [0.15, 0.2) is 0 Å². The van der Waals surface area contributed by atoms with Crippen LogP contribution in [0.4, 0.5) is 0 Å². The van der Waals surface area contributed by atoms with Crippen molar-refractivity contribution in [3.05, 3.63) is 54.1 Å².